The minimum Gasteiger partial charge on any atom is -0.355 e. The molecule has 2 amide bonds. The van der Waals surface area contributed by atoms with Gasteiger partial charge in [0.05, 0.1) is 5.69 Å². The summed E-state index contributed by atoms with van der Waals surface area (Å²) in [6, 6.07) is 3.93. The number of fused-ring (bicyclic) bond motifs is 3. The molecule has 3 heterocycles. The van der Waals surface area contributed by atoms with Crippen LogP contribution >= 0.6 is 0 Å². The second-order valence-corrected chi connectivity index (χ2v) is 7.28. The van der Waals surface area contributed by atoms with E-state index in [9.17, 15) is 9.59 Å². The van der Waals surface area contributed by atoms with Crippen molar-refractivity contribution in [3.63, 3.8) is 0 Å². The van der Waals surface area contributed by atoms with Gasteiger partial charge in [-0.3, -0.25) is 14.6 Å². The van der Waals surface area contributed by atoms with Gasteiger partial charge in [-0.2, -0.15) is 0 Å². The fourth-order valence-corrected chi connectivity index (χ4v) is 3.64. The third kappa shape index (κ3) is 3.15. The number of aromatic nitrogens is 1. The highest BCUT2D eigenvalue weighted by atomic mass is 16.2. The molecule has 6 nitrogen and oxygen atoms in total. The average Bonchev–Trinajstić information content (AvgIpc) is 2.52. The van der Waals surface area contributed by atoms with Gasteiger partial charge in [-0.15, -0.1) is 0 Å². The number of nitrogens with one attached hydrogen (secondary N) is 1. The predicted octanol–water partition coefficient (Wildman–Crippen LogP) is 1.12. The van der Waals surface area contributed by atoms with Gasteiger partial charge in [-0.05, 0) is 30.5 Å². The highest BCUT2D eigenvalue weighted by Gasteiger charge is 2.46. The molecule has 0 aromatic carbocycles. The number of carbonyl (C=O) groups excluding carboxylic acids is 2. The Morgan fingerprint density at radius 3 is 2.88 bits per heavy atom. The van der Waals surface area contributed by atoms with Crippen molar-refractivity contribution in [2.75, 3.05) is 19.6 Å². The first-order chi connectivity index (χ1) is 11.4. The Balaban J connectivity index is 1.92. The lowest BCUT2D eigenvalue weighted by atomic mass is 9.73. The van der Waals surface area contributed by atoms with E-state index in [-0.39, 0.29) is 29.2 Å². The number of likely N-dealkylation sites (tertiary alicyclic amines) is 1. The molecule has 1 spiro atoms. The van der Waals surface area contributed by atoms with E-state index in [1.54, 1.807) is 13.1 Å². The van der Waals surface area contributed by atoms with Crippen molar-refractivity contribution in [1.82, 2.24) is 15.2 Å². The summed E-state index contributed by atoms with van der Waals surface area (Å²) in [6.07, 6.45) is 4.34. The summed E-state index contributed by atoms with van der Waals surface area (Å²) in [4.78, 5) is 30.2. The molecule has 2 aliphatic rings. The quantitative estimate of drug-likeness (QED) is 0.746. The van der Waals surface area contributed by atoms with Gasteiger partial charge in [0, 0.05) is 50.1 Å². The van der Waals surface area contributed by atoms with Gasteiger partial charge in [0.1, 0.15) is 0 Å². The van der Waals surface area contributed by atoms with Crippen LogP contribution in [0.1, 0.15) is 50.4 Å². The van der Waals surface area contributed by atoms with Gasteiger partial charge in [0.15, 0.2) is 0 Å². The van der Waals surface area contributed by atoms with E-state index >= 15 is 0 Å². The molecule has 2 bridgehead atoms. The number of amides is 2. The summed E-state index contributed by atoms with van der Waals surface area (Å²) in [5, 5.41) is 3.09. The lowest BCUT2D eigenvalue weighted by molar-refractivity contribution is -0.136. The molecule has 1 aromatic rings. The van der Waals surface area contributed by atoms with Crippen LogP contribution < -0.4 is 11.1 Å². The number of pyridine rings is 1. The highest BCUT2D eigenvalue weighted by molar-refractivity contribution is 5.79. The molecule has 3 rings (SSSR count). The number of nitrogens with zero attached hydrogens (tertiary/aromatic N) is 2. The summed E-state index contributed by atoms with van der Waals surface area (Å²) >= 11 is 0. The number of rotatable bonds is 0. The molecule has 0 aliphatic carbocycles. The third-order valence-electron chi connectivity index (χ3n) is 5.41. The van der Waals surface area contributed by atoms with Crippen LogP contribution in [-0.4, -0.2) is 41.3 Å². The topological polar surface area (TPSA) is 88.3 Å². The number of hydrogen-bond donors (Lipinski definition) is 2. The second kappa shape index (κ2) is 6.51. The van der Waals surface area contributed by atoms with Crippen molar-refractivity contribution in [2.45, 2.75) is 44.6 Å². The van der Waals surface area contributed by atoms with Crippen molar-refractivity contribution in [3.05, 3.63) is 29.6 Å². The van der Waals surface area contributed by atoms with Gasteiger partial charge >= 0.3 is 0 Å². The number of hydrogen-bond acceptors (Lipinski definition) is 4. The predicted molar refractivity (Wildman–Crippen MR) is 91.1 cm³/mol. The lowest BCUT2D eigenvalue weighted by Crippen LogP contribution is -2.65. The molecule has 2 atom stereocenters. The van der Waals surface area contributed by atoms with Crippen LogP contribution in [-0.2, 0) is 15.0 Å². The van der Waals surface area contributed by atoms with E-state index in [0.717, 1.165) is 30.5 Å². The maximum absolute atomic E-state index is 12.3. The molecular weight excluding hydrogens is 304 g/mol. The van der Waals surface area contributed by atoms with E-state index < -0.39 is 0 Å². The molecule has 1 fully saturated rings. The Morgan fingerprint density at radius 1 is 1.42 bits per heavy atom. The zero-order chi connectivity index (χ0) is 17.3. The molecule has 0 unspecified atom stereocenters. The smallest absolute Gasteiger partial charge is 0.222 e. The van der Waals surface area contributed by atoms with Gasteiger partial charge in [0.2, 0.25) is 11.8 Å². The fraction of sp³-hybridized carbons (Fsp3) is 0.611. The summed E-state index contributed by atoms with van der Waals surface area (Å²) in [5.74, 6) is 0.125. The SMILES string of the molecule is CC(=O)N1CC2(CNC(=O)[C@H](C)CCC[C@H](N)c3cc2ccn3)C1. The Morgan fingerprint density at radius 2 is 2.17 bits per heavy atom. The monoisotopic (exact) mass is 330 g/mol. The normalized spacial score (nSPS) is 26.8. The summed E-state index contributed by atoms with van der Waals surface area (Å²) in [7, 11) is 0. The van der Waals surface area contributed by atoms with E-state index in [1.165, 1.54) is 0 Å². The standard InChI is InChI=1S/C18H26N4O2/c1-12-4-3-5-15(19)16-8-14(6-7-20-16)18(9-21-17(12)24)10-22(11-18)13(2)23/h6-8,12,15H,3-5,9-11,19H2,1-2H3,(H,21,24)/t12-,15+/m1/s1. The van der Waals surface area contributed by atoms with Crippen LogP contribution in [0, 0.1) is 5.92 Å². The van der Waals surface area contributed by atoms with E-state index in [1.807, 2.05) is 17.9 Å². The summed E-state index contributed by atoms with van der Waals surface area (Å²) in [6.45, 7) is 5.32. The van der Waals surface area contributed by atoms with E-state index in [2.05, 4.69) is 16.4 Å². The molecule has 1 saturated heterocycles. The minimum absolute atomic E-state index is 0.0241. The van der Waals surface area contributed by atoms with E-state index in [0.29, 0.717) is 19.6 Å². The van der Waals surface area contributed by atoms with Crippen molar-refractivity contribution >= 4 is 11.8 Å². The summed E-state index contributed by atoms with van der Waals surface area (Å²) in [5.41, 5.74) is 8.06. The largest absolute Gasteiger partial charge is 0.355 e. The van der Waals surface area contributed by atoms with E-state index in [4.69, 9.17) is 5.73 Å². The molecule has 2 aliphatic heterocycles. The Bertz CT molecular complexity index is 640. The third-order valence-corrected chi connectivity index (χ3v) is 5.41. The first kappa shape index (κ1) is 16.9. The Kier molecular flexibility index (Phi) is 4.58. The Labute approximate surface area is 142 Å². The van der Waals surface area contributed by atoms with Crippen LogP contribution in [0.2, 0.25) is 0 Å². The van der Waals surface area contributed by atoms with Crippen LogP contribution in [0.5, 0.6) is 0 Å². The van der Waals surface area contributed by atoms with Gasteiger partial charge < -0.3 is 16.0 Å². The van der Waals surface area contributed by atoms with Crippen LogP contribution in [0.25, 0.3) is 0 Å². The maximum atomic E-state index is 12.3. The van der Waals surface area contributed by atoms with Crippen molar-refractivity contribution in [1.29, 1.82) is 0 Å². The summed E-state index contributed by atoms with van der Waals surface area (Å²) < 4.78 is 0. The number of carbonyl (C=O) groups is 2. The molecule has 1 aromatic heterocycles. The molecular formula is C18H26N4O2. The first-order valence-electron chi connectivity index (χ1n) is 8.66. The average molecular weight is 330 g/mol. The Hall–Kier alpha value is -1.95. The molecule has 0 saturated carbocycles. The molecule has 24 heavy (non-hydrogen) atoms. The van der Waals surface area contributed by atoms with Gasteiger partial charge in [0.25, 0.3) is 0 Å². The fourth-order valence-electron chi connectivity index (χ4n) is 3.64. The van der Waals surface area contributed by atoms with Gasteiger partial charge in [-0.25, -0.2) is 0 Å². The zero-order valence-electron chi connectivity index (χ0n) is 14.4. The van der Waals surface area contributed by atoms with Crippen molar-refractivity contribution < 1.29 is 9.59 Å². The zero-order valence-corrected chi connectivity index (χ0v) is 14.4. The highest BCUT2D eigenvalue weighted by Crippen LogP contribution is 2.35. The molecule has 6 heteroatoms. The van der Waals surface area contributed by atoms with Gasteiger partial charge in [-0.1, -0.05) is 13.3 Å². The molecule has 3 N–H and O–H groups in total. The molecule has 130 valence electrons. The van der Waals surface area contributed by atoms with Crippen LogP contribution in [0.4, 0.5) is 0 Å². The number of nitrogens with two attached hydrogens (primary N) is 1. The first-order valence-corrected chi connectivity index (χ1v) is 8.66. The minimum atomic E-state index is -0.238. The van der Waals surface area contributed by atoms with Crippen molar-refractivity contribution in [2.24, 2.45) is 11.7 Å². The second-order valence-electron chi connectivity index (χ2n) is 7.28. The lowest BCUT2D eigenvalue weighted by Gasteiger charge is -2.50. The van der Waals surface area contributed by atoms with Crippen LogP contribution in [0.15, 0.2) is 18.3 Å². The maximum Gasteiger partial charge on any atom is 0.222 e. The molecule has 0 radical (unpaired) electrons. The van der Waals surface area contributed by atoms with Crippen LogP contribution in [0.3, 0.4) is 0 Å². The van der Waals surface area contributed by atoms with Crippen molar-refractivity contribution in [3.8, 4) is 0 Å².